The molecule has 0 aliphatic carbocycles. The quantitative estimate of drug-likeness (QED) is 0.200. The van der Waals surface area contributed by atoms with Crippen molar-refractivity contribution in [2.24, 2.45) is 11.5 Å². The molecule has 0 spiro atoms. The van der Waals surface area contributed by atoms with Gasteiger partial charge >= 0.3 is 0 Å². The molecular formula is C27H42N6O5S. The van der Waals surface area contributed by atoms with Crippen LogP contribution >= 0.6 is 0 Å². The van der Waals surface area contributed by atoms with Crippen LogP contribution < -0.4 is 22.1 Å². The van der Waals surface area contributed by atoms with Crippen molar-refractivity contribution in [3.63, 3.8) is 0 Å². The van der Waals surface area contributed by atoms with Crippen molar-refractivity contribution >= 4 is 27.7 Å². The molecule has 1 heterocycles. The molecule has 3 amide bonds. The minimum Gasteiger partial charge on any atom is -0.368 e. The van der Waals surface area contributed by atoms with Gasteiger partial charge in [0.1, 0.15) is 12.4 Å². The number of hydrogen-bond acceptors (Lipinski definition) is 7. The molecule has 0 fully saturated rings. The van der Waals surface area contributed by atoms with Crippen molar-refractivity contribution in [2.45, 2.75) is 95.0 Å². The van der Waals surface area contributed by atoms with E-state index in [9.17, 15) is 22.8 Å². The lowest BCUT2D eigenvalue weighted by atomic mass is 10.1. The number of aromatic nitrogens is 2. The molecule has 6 N–H and O–H groups in total. The second-order valence-electron chi connectivity index (χ2n) is 9.80. The lowest BCUT2D eigenvalue weighted by Crippen LogP contribution is -2.51. The number of carbonyl (C=O) groups excluding carboxylic acids is 3. The van der Waals surface area contributed by atoms with Crippen molar-refractivity contribution < 1.29 is 22.8 Å². The lowest BCUT2D eigenvalue weighted by Gasteiger charge is -2.18. The molecule has 0 bridgehead atoms. The highest BCUT2D eigenvalue weighted by Gasteiger charge is 2.24. The Morgan fingerprint density at radius 2 is 1.72 bits per heavy atom. The zero-order valence-electron chi connectivity index (χ0n) is 22.9. The fourth-order valence-corrected chi connectivity index (χ4v) is 5.13. The summed E-state index contributed by atoms with van der Waals surface area (Å²) >= 11 is 0. The number of nitrogens with two attached hydrogens (primary N) is 2. The molecule has 2 unspecified atom stereocenters. The molecule has 2 rings (SSSR count). The Labute approximate surface area is 231 Å². The zero-order valence-corrected chi connectivity index (χ0v) is 23.7. The number of carbonyl (C=O) groups is 3. The maximum absolute atomic E-state index is 12.8. The number of nitrogens with one attached hydrogen (secondary N) is 2. The topological polar surface area (TPSA) is 179 Å². The number of benzene rings is 1. The molecule has 1 aromatic heterocycles. The first-order chi connectivity index (χ1) is 18.5. The summed E-state index contributed by atoms with van der Waals surface area (Å²) in [7, 11) is -3.82. The van der Waals surface area contributed by atoms with E-state index in [2.05, 4.69) is 22.5 Å². The van der Waals surface area contributed by atoms with Gasteiger partial charge in [-0.3, -0.25) is 14.4 Å². The predicted molar refractivity (Wildman–Crippen MR) is 149 cm³/mol. The van der Waals surface area contributed by atoms with Crippen LogP contribution in [0.25, 0.3) is 0 Å². The fraction of sp³-hybridized carbons (Fsp3) is 0.556. The molecule has 0 radical (unpaired) electrons. The van der Waals surface area contributed by atoms with Crippen LogP contribution in [0, 0.1) is 6.92 Å². The normalized spacial score (nSPS) is 13.0. The van der Waals surface area contributed by atoms with E-state index >= 15 is 0 Å². The van der Waals surface area contributed by atoms with Crippen LogP contribution in [-0.2, 0) is 30.8 Å². The summed E-state index contributed by atoms with van der Waals surface area (Å²) in [6.07, 6.45) is 9.90. The Hall–Kier alpha value is -3.25. The van der Waals surface area contributed by atoms with Gasteiger partial charge in [-0.2, -0.15) is 0 Å². The standard InChI is InChI=1S/C27H42N6O5S/c1-3-4-5-6-7-11-25(34)30-16-9-8-10-24(26(29)35)32-27(36)23(28)17-21-18-33(19-31-21)39(37,38)22-14-12-20(2)13-15-22/h12-15,18-19,23-24H,3-11,16-17,28H2,1-2H3,(H2,29,35)(H,30,34)(H,32,36). The van der Waals surface area contributed by atoms with Crippen LogP contribution in [0.5, 0.6) is 0 Å². The second-order valence-corrected chi connectivity index (χ2v) is 11.6. The summed E-state index contributed by atoms with van der Waals surface area (Å²) in [4.78, 5) is 40.6. The zero-order chi connectivity index (χ0) is 28.8. The number of rotatable bonds is 18. The average Bonchev–Trinajstić information content (AvgIpc) is 3.37. The van der Waals surface area contributed by atoms with Gasteiger partial charge in [-0.25, -0.2) is 17.4 Å². The maximum atomic E-state index is 12.8. The van der Waals surface area contributed by atoms with E-state index in [-0.39, 0.29) is 17.2 Å². The van der Waals surface area contributed by atoms with Crippen LogP contribution in [0.1, 0.15) is 76.0 Å². The summed E-state index contributed by atoms with van der Waals surface area (Å²) in [6, 6.07) is 4.46. The Kier molecular flexibility index (Phi) is 13.1. The molecule has 2 aromatic rings. The van der Waals surface area contributed by atoms with E-state index < -0.39 is 33.9 Å². The van der Waals surface area contributed by atoms with Crippen LogP contribution in [-0.4, -0.2) is 53.7 Å². The monoisotopic (exact) mass is 562 g/mol. The molecule has 2 atom stereocenters. The largest absolute Gasteiger partial charge is 0.368 e. The molecule has 0 aliphatic heterocycles. The van der Waals surface area contributed by atoms with E-state index in [1.54, 1.807) is 12.1 Å². The van der Waals surface area contributed by atoms with E-state index in [0.29, 0.717) is 37.9 Å². The van der Waals surface area contributed by atoms with E-state index in [4.69, 9.17) is 11.5 Å². The molecule has 216 valence electrons. The van der Waals surface area contributed by atoms with Crippen LogP contribution in [0.4, 0.5) is 0 Å². The summed E-state index contributed by atoms with van der Waals surface area (Å²) in [5.41, 5.74) is 12.7. The van der Waals surface area contributed by atoms with E-state index in [1.165, 1.54) is 24.8 Å². The minimum atomic E-state index is -3.82. The van der Waals surface area contributed by atoms with Crippen LogP contribution in [0.2, 0.25) is 0 Å². The maximum Gasteiger partial charge on any atom is 0.268 e. The highest BCUT2D eigenvalue weighted by atomic mass is 32.2. The highest BCUT2D eigenvalue weighted by molar-refractivity contribution is 7.90. The van der Waals surface area contributed by atoms with Gasteiger partial charge in [-0.15, -0.1) is 0 Å². The van der Waals surface area contributed by atoms with Crippen molar-refractivity contribution in [3.8, 4) is 0 Å². The van der Waals surface area contributed by atoms with Crippen molar-refractivity contribution in [2.75, 3.05) is 6.54 Å². The first-order valence-electron chi connectivity index (χ1n) is 13.5. The number of nitrogens with zero attached hydrogens (tertiary/aromatic N) is 2. The summed E-state index contributed by atoms with van der Waals surface area (Å²) in [5, 5.41) is 5.44. The van der Waals surface area contributed by atoms with Crippen molar-refractivity contribution in [1.29, 1.82) is 0 Å². The molecule has 0 saturated heterocycles. The van der Waals surface area contributed by atoms with Gasteiger partial charge in [-0.05, 0) is 44.7 Å². The summed E-state index contributed by atoms with van der Waals surface area (Å²) in [6.45, 7) is 4.50. The van der Waals surface area contributed by atoms with Crippen molar-refractivity contribution in [1.82, 2.24) is 19.6 Å². The smallest absolute Gasteiger partial charge is 0.268 e. The first-order valence-corrected chi connectivity index (χ1v) is 15.0. The number of unbranched alkanes of at least 4 members (excludes halogenated alkanes) is 5. The van der Waals surface area contributed by atoms with Gasteiger partial charge in [0.25, 0.3) is 10.0 Å². The van der Waals surface area contributed by atoms with Gasteiger partial charge in [0.2, 0.25) is 17.7 Å². The van der Waals surface area contributed by atoms with Gasteiger partial charge in [-0.1, -0.05) is 50.3 Å². The molecule has 0 saturated carbocycles. The minimum absolute atomic E-state index is 0.0198. The van der Waals surface area contributed by atoms with Gasteiger partial charge in [0, 0.05) is 25.6 Å². The molecule has 0 aliphatic rings. The number of imidazole rings is 1. The number of hydrogen-bond donors (Lipinski definition) is 4. The third-order valence-electron chi connectivity index (χ3n) is 6.38. The highest BCUT2D eigenvalue weighted by Crippen LogP contribution is 2.15. The molecule has 11 nitrogen and oxygen atoms in total. The van der Waals surface area contributed by atoms with Crippen LogP contribution in [0.15, 0.2) is 41.7 Å². The fourth-order valence-electron chi connectivity index (χ4n) is 3.97. The molecule has 1 aromatic carbocycles. The second kappa shape index (κ2) is 16.0. The predicted octanol–water partition coefficient (Wildman–Crippen LogP) is 1.92. The Morgan fingerprint density at radius 3 is 2.38 bits per heavy atom. The number of primary amides is 1. The Morgan fingerprint density at radius 1 is 1.03 bits per heavy atom. The molecule has 12 heteroatoms. The Bertz CT molecular complexity index is 1180. The molecular weight excluding hydrogens is 520 g/mol. The van der Waals surface area contributed by atoms with Crippen molar-refractivity contribution in [3.05, 3.63) is 48.0 Å². The third-order valence-corrected chi connectivity index (χ3v) is 8.01. The third kappa shape index (κ3) is 10.8. The number of aryl methyl sites for hydroxylation is 1. The van der Waals surface area contributed by atoms with E-state index in [1.807, 2.05) is 6.92 Å². The average molecular weight is 563 g/mol. The first kappa shape index (κ1) is 32.0. The number of amides is 3. The summed E-state index contributed by atoms with van der Waals surface area (Å²) in [5.74, 6) is -1.25. The van der Waals surface area contributed by atoms with Gasteiger partial charge < -0.3 is 22.1 Å². The van der Waals surface area contributed by atoms with Crippen LogP contribution in [0.3, 0.4) is 0 Å². The summed E-state index contributed by atoms with van der Waals surface area (Å²) < 4.78 is 26.6. The van der Waals surface area contributed by atoms with Gasteiger partial charge in [0.15, 0.2) is 0 Å². The van der Waals surface area contributed by atoms with Gasteiger partial charge in [0.05, 0.1) is 16.6 Å². The SMILES string of the molecule is CCCCCCCC(=O)NCCCCC(NC(=O)C(N)Cc1cn(S(=O)(=O)c2ccc(C)cc2)cn1)C(N)=O. The molecule has 39 heavy (non-hydrogen) atoms. The lowest BCUT2D eigenvalue weighted by molar-refractivity contribution is -0.128. The van der Waals surface area contributed by atoms with E-state index in [0.717, 1.165) is 41.5 Å². The Balaban J connectivity index is 1.78.